The minimum absolute atomic E-state index is 0.348. The molecule has 0 amide bonds. The largest absolute Gasteiger partial charge is 0.381 e. The molecule has 1 saturated carbocycles. The van der Waals surface area contributed by atoms with Crippen LogP contribution in [0.15, 0.2) is 0 Å². The number of hydrogen-bond donors (Lipinski definition) is 1. The number of hydrogen-bond acceptors (Lipinski definition) is 3. The van der Waals surface area contributed by atoms with E-state index >= 15 is 0 Å². The minimum Gasteiger partial charge on any atom is -0.381 e. The van der Waals surface area contributed by atoms with E-state index in [0.717, 1.165) is 38.1 Å². The van der Waals surface area contributed by atoms with Crippen LogP contribution in [0.1, 0.15) is 39.5 Å². The fourth-order valence-corrected chi connectivity index (χ4v) is 3.45. The smallest absolute Gasteiger partial charge is 0.0546 e. The highest BCUT2D eigenvalue weighted by atomic mass is 16.5. The van der Waals surface area contributed by atoms with E-state index in [0.29, 0.717) is 5.41 Å². The van der Waals surface area contributed by atoms with E-state index < -0.39 is 0 Å². The molecule has 3 nitrogen and oxygen atoms in total. The van der Waals surface area contributed by atoms with E-state index in [1.54, 1.807) is 0 Å². The molecule has 2 aliphatic rings. The summed E-state index contributed by atoms with van der Waals surface area (Å²) in [6.45, 7) is 11.2. The van der Waals surface area contributed by atoms with Gasteiger partial charge in [0.15, 0.2) is 0 Å². The Hall–Kier alpha value is -0.120. The number of rotatable bonds is 8. The third-order valence-electron chi connectivity index (χ3n) is 4.76. The Morgan fingerprint density at radius 3 is 2.79 bits per heavy atom. The number of ether oxygens (including phenoxy) is 1. The van der Waals surface area contributed by atoms with Gasteiger partial charge in [-0.25, -0.2) is 0 Å². The van der Waals surface area contributed by atoms with E-state index in [1.165, 1.54) is 38.8 Å². The fourth-order valence-electron chi connectivity index (χ4n) is 3.45. The first-order valence-corrected chi connectivity index (χ1v) is 8.12. The Bertz CT molecular complexity index is 263. The standard InChI is InChI=1S/C16H32N2O/c1-4-7-17-11-16(6-5-8-19-13-16)12-18(3)10-15-9-14(15)2/h14-15,17H,4-13H2,1-3H3. The predicted molar refractivity (Wildman–Crippen MR) is 80.4 cm³/mol. The van der Waals surface area contributed by atoms with Gasteiger partial charge >= 0.3 is 0 Å². The maximum absolute atomic E-state index is 5.79. The maximum atomic E-state index is 5.79. The lowest BCUT2D eigenvalue weighted by Crippen LogP contribution is -2.48. The van der Waals surface area contributed by atoms with Gasteiger partial charge in [0.1, 0.15) is 0 Å². The van der Waals surface area contributed by atoms with Crippen molar-refractivity contribution in [2.24, 2.45) is 17.3 Å². The summed E-state index contributed by atoms with van der Waals surface area (Å²) in [5.74, 6) is 1.91. The third-order valence-corrected chi connectivity index (χ3v) is 4.76. The first-order chi connectivity index (χ1) is 9.15. The van der Waals surface area contributed by atoms with Gasteiger partial charge < -0.3 is 15.0 Å². The normalized spacial score (nSPS) is 34.7. The van der Waals surface area contributed by atoms with E-state index in [9.17, 15) is 0 Å². The molecule has 112 valence electrons. The summed E-state index contributed by atoms with van der Waals surface area (Å²) in [5.41, 5.74) is 0.348. The van der Waals surface area contributed by atoms with Crippen LogP contribution in [0.2, 0.25) is 0 Å². The van der Waals surface area contributed by atoms with Crippen molar-refractivity contribution in [3.8, 4) is 0 Å². The number of nitrogens with zero attached hydrogens (tertiary/aromatic N) is 1. The minimum atomic E-state index is 0.348. The molecule has 0 radical (unpaired) electrons. The molecule has 2 fully saturated rings. The summed E-state index contributed by atoms with van der Waals surface area (Å²) >= 11 is 0. The van der Waals surface area contributed by atoms with Crippen LogP contribution < -0.4 is 5.32 Å². The van der Waals surface area contributed by atoms with Gasteiger partial charge in [-0.3, -0.25) is 0 Å². The lowest BCUT2D eigenvalue weighted by Gasteiger charge is -2.40. The molecular weight excluding hydrogens is 236 g/mol. The van der Waals surface area contributed by atoms with Gasteiger partial charge in [-0.15, -0.1) is 0 Å². The van der Waals surface area contributed by atoms with E-state index in [-0.39, 0.29) is 0 Å². The molecule has 0 spiro atoms. The molecule has 0 aromatic heterocycles. The average Bonchev–Trinajstić information content (AvgIpc) is 3.06. The van der Waals surface area contributed by atoms with Gasteiger partial charge in [-0.1, -0.05) is 13.8 Å². The molecule has 19 heavy (non-hydrogen) atoms. The van der Waals surface area contributed by atoms with Crippen LogP contribution in [-0.2, 0) is 4.74 Å². The summed E-state index contributed by atoms with van der Waals surface area (Å²) in [6, 6.07) is 0. The molecule has 0 aromatic carbocycles. The van der Waals surface area contributed by atoms with Gasteiger partial charge in [0.05, 0.1) is 6.61 Å². The predicted octanol–water partition coefficient (Wildman–Crippen LogP) is 2.37. The van der Waals surface area contributed by atoms with Crippen molar-refractivity contribution in [2.75, 3.05) is 46.4 Å². The second kappa shape index (κ2) is 7.05. The summed E-state index contributed by atoms with van der Waals surface area (Å²) in [6.07, 6.45) is 5.18. The summed E-state index contributed by atoms with van der Waals surface area (Å²) in [4.78, 5) is 2.55. The van der Waals surface area contributed by atoms with Crippen molar-refractivity contribution in [3.05, 3.63) is 0 Å². The molecule has 1 heterocycles. The zero-order valence-corrected chi connectivity index (χ0v) is 13.1. The van der Waals surface area contributed by atoms with Gasteiger partial charge in [-0.2, -0.15) is 0 Å². The Kier molecular flexibility index (Phi) is 5.67. The van der Waals surface area contributed by atoms with Gasteiger partial charge in [0.2, 0.25) is 0 Å². The average molecular weight is 268 g/mol. The van der Waals surface area contributed by atoms with Crippen molar-refractivity contribution in [1.82, 2.24) is 10.2 Å². The van der Waals surface area contributed by atoms with Gasteiger partial charge in [0, 0.05) is 31.7 Å². The highest BCUT2D eigenvalue weighted by Gasteiger charge is 2.37. The Labute approximate surface area is 119 Å². The molecule has 3 unspecified atom stereocenters. The van der Waals surface area contributed by atoms with Crippen molar-refractivity contribution >= 4 is 0 Å². The summed E-state index contributed by atoms with van der Waals surface area (Å²) in [7, 11) is 2.29. The van der Waals surface area contributed by atoms with Crippen LogP contribution in [-0.4, -0.2) is 51.3 Å². The van der Waals surface area contributed by atoms with Crippen molar-refractivity contribution in [2.45, 2.75) is 39.5 Å². The third kappa shape index (κ3) is 4.73. The quantitative estimate of drug-likeness (QED) is 0.684. The number of nitrogens with one attached hydrogen (secondary N) is 1. The first kappa shape index (κ1) is 15.3. The Morgan fingerprint density at radius 1 is 1.42 bits per heavy atom. The van der Waals surface area contributed by atoms with Crippen LogP contribution >= 0.6 is 0 Å². The molecule has 1 N–H and O–H groups in total. The van der Waals surface area contributed by atoms with Crippen molar-refractivity contribution < 1.29 is 4.74 Å². The van der Waals surface area contributed by atoms with Gasteiger partial charge in [-0.05, 0) is 51.1 Å². The second-order valence-corrected chi connectivity index (χ2v) is 7.00. The molecule has 0 bridgehead atoms. The van der Waals surface area contributed by atoms with E-state index in [2.05, 4.69) is 31.1 Å². The Balaban J connectivity index is 1.81. The molecule has 2 rings (SSSR count). The van der Waals surface area contributed by atoms with Crippen molar-refractivity contribution in [1.29, 1.82) is 0 Å². The lowest BCUT2D eigenvalue weighted by atomic mass is 9.81. The van der Waals surface area contributed by atoms with E-state index in [1.807, 2.05) is 0 Å². The maximum Gasteiger partial charge on any atom is 0.0546 e. The van der Waals surface area contributed by atoms with Crippen LogP contribution in [0.25, 0.3) is 0 Å². The monoisotopic (exact) mass is 268 g/mol. The first-order valence-electron chi connectivity index (χ1n) is 8.12. The lowest BCUT2D eigenvalue weighted by molar-refractivity contribution is -0.0232. The van der Waals surface area contributed by atoms with E-state index in [4.69, 9.17) is 4.74 Å². The molecule has 3 atom stereocenters. The Morgan fingerprint density at radius 2 is 2.21 bits per heavy atom. The molecule has 1 saturated heterocycles. The van der Waals surface area contributed by atoms with Crippen molar-refractivity contribution in [3.63, 3.8) is 0 Å². The van der Waals surface area contributed by atoms with Crippen LogP contribution in [0, 0.1) is 17.3 Å². The zero-order valence-electron chi connectivity index (χ0n) is 13.1. The molecular formula is C16H32N2O. The molecule has 1 aliphatic carbocycles. The molecule has 1 aliphatic heterocycles. The fraction of sp³-hybridized carbons (Fsp3) is 1.00. The SMILES string of the molecule is CCCNCC1(CN(C)CC2CC2C)CCCOC1. The summed E-state index contributed by atoms with van der Waals surface area (Å²) in [5, 5.41) is 3.62. The van der Waals surface area contributed by atoms with Crippen LogP contribution in [0.5, 0.6) is 0 Å². The molecule has 0 aromatic rings. The highest BCUT2D eigenvalue weighted by molar-refractivity contribution is 4.90. The molecule has 3 heteroatoms. The van der Waals surface area contributed by atoms with Gasteiger partial charge in [0.25, 0.3) is 0 Å². The zero-order chi connectivity index (χ0) is 13.7. The second-order valence-electron chi connectivity index (χ2n) is 7.00. The van der Waals surface area contributed by atoms with Crippen LogP contribution in [0.3, 0.4) is 0 Å². The summed E-state index contributed by atoms with van der Waals surface area (Å²) < 4.78 is 5.79. The highest BCUT2D eigenvalue weighted by Crippen LogP contribution is 2.38. The topological polar surface area (TPSA) is 24.5 Å². The van der Waals surface area contributed by atoms with Crippen LogP contribution in [0.4, 0.5) is 0 Å².